The van der Waals surface area contributed by atoms with Crippen molar-refractivity contribution >= 4 is 11.7 Å². The minimum Gasteiger partial charge on any atom is -0.492 e. The highest BCUT2D eigenvalue weighted by atomic mass is 16.6. The fourth-order valence-electron chi connectivity index (χ4n) is 1.65. The fraction of sp³-hybridized carbons (Fsp3) is 0.300. The lowest BCUT2D eigenvalue weighted by Crippen LogP contribution is -2.27. The Balaban J connectivity index is 2.32. The zero-order chi connectivity index (χ0) is 11.7. The maximum absolute atomic E-state index is 10.8. The Hall–Kier alpha value is -2.11. The number of carboxylic acids is 1. The molecule has 0 bridgehead atoms. The highest BCUT2D eigenvalue weighted by Gasteiger charge is 2.26. The largest absolute Gasteiger partial charge is 0.492 e. The molecule has 1 aromatic carbocycles. The Kier molecular flexibility index (Phi) is 2.47. The van der Waals surface area contributed by atoms with E-state index in [4.69, 9.17) is 9.84 Å². The van der Waals surface area contributed by atoms with Crippen LogP contribution in [0.1, 0.15) is 5.56 Å². The first kappa shape index (κ1) is 10.4. The summed E-state index contributed by atoms with van der Waals surface area (Å²) in [5, 5.41) is 19.4. The Morgan fingerprint density at radius 3 is 2.94 bits per heavy atom. The van der Waals surface area contributed by atoms with Gasteiger partial charge in [-0.05, 0) is 12.5 Å². The summed E-state index contributed by atoms with van der Waals surface area (Å²) in [6.07, 6.45) is 0.270. The van der Waals surface area contributed by atoms with Crippen LogP contribution in [0.25, 0.3) is 0 Å². The van der Waals surface area contributed by atoms with Gasteiger partial charge in [-0.3, -0.25) is 14.9 Å². The second-order valence-corrected chi connectivity index (χ2v) is 3.60. The van der Waals surface area contributed by atoms with E-state index in [9.17, 15) is 14.9 Å². The van der Waals surface area contributed by atoms with Crippen LogP contribution in [-0.2, 0) is 11.2 Å². The van der Waals surface area contributed by atoms with E-state index >= 15 is 0 Å². The summed E-state index contributed by atoms with van der Waals surface area (Å²) >= 11 is 0. The molecule has 0 radical (unpaired) electrons. The molecule has 0 spiro atoms. The molecule has 0 aromatic heterocycles. The first-order valence-corrected chi connectivity index (χ1v) is 4.71. The van der Waals surface area contributed by atoms with Crippen LogP contribution in [0, 0.1) is 16.0 Å². The summed E-state index contributed by atoms with van der Waals surface area (Å²) < 4.78 is 5.23. The molecule has 0 aliphatic carbocycles. The van der Waals surface area contributed by atoms with Crippen molar-refractivity contribution in [2.75, 3.05) is 6.61 Å². The molecule has 0 amide bonds. The number of non-ortho nitro benzene ring substituents is 1. The van der Waals surface area contributed by atoms with Crippen LogP contribution in [0.3, 0.4) is 0 Å². The number of hydrogen-bond donors (Lipinski definition) is 1. The number of aliphatic carboxylic acids is 1. The summed E-state index contributed by atoms with van der Waals surface area (Å²) in [7, 11) is 0. The van der Waals surface area contributed by atoms with Crippen molar-refractivity contribution in [3.05, 3.63) is 33.9 Å². The van der Waals surface area contributed by atoms with E-state index in [1.54, 1.807) is 0 Å². The van der Waals surface area contributed by atoms with Gasteiger partial charge in [-0.15, -0.1) is 0 Å². The lowest BCUT2D eigenvalue weighted by atomic mass is 9.96. The molecule has 84 valence electrons. The molecule has 0 unspecified atom stereocenters. The maximum Gasteiger partial charge on any atom is 0.310 e. The van der Waals surface area contributed by atoms with E-state index < -0.39 is 16.8 Å². The van der Waals surface area contributed by atoms with Gasteiger partial charge in [0.05, 0.1) is 10.8 Å². The molecule has 0 fully saturated rings. The number of nitro benzene ring substituents is 1. The molecular formula is C10H9NO5. The first-order chi connectivity index (χ1) is 7.58. The quantitative estimate of drug-likeness (QED) is 0.601. The minimum absolute atomic E-state index is 0.0478. The smallest absolute Gasteiger partial charge is 0.310 e. The van der Waals surface area contributed by atoms with Crippen molar-refractivity contribution in [2.45, 2.75) is 6.42 Å². The van der Waals surface area contributed by atoms with Gasteiger partial charge in [-0.2, -0.15) is 0 Å². The normalized spacial score (nSPS) is 18.4. The Morgan fingerprint density at radius 2 is 2.31 bits per heavy atom. The lowest BCUT2D eigenvalue weighted by molar-refractivity contribution is -0.385. The van der Waals surface area contributed by atoms with Crippen LogP contribution in [-0.4, -0.2) is 22.6 Å². The van der Waals surface area contributed by atoms with E-state index in [0.717, 1.165) is 0 Å². The van der Waals surface area contributed by atoms with E-state index in [-0.39, 0.29) is 18.7 Å². The number of fused-ring (bicyclic) bond motifs is 1. The number of carbonyl (C=O) groups is 1. The van der Waals surface area contributed by atoms with Crippen LogP contribution in [0.15, 0.2) is 18.2 Å². The van der Waals surface area contributed by atoms with Crippen molar-refractivity contribution in [1.82, 2.24) is 0 Å². The van der Waals surface area contributed by atoms with Gasteiger partial charge in [0.25, 0.3) is 5.69 Å². The second kappa shape index (κ2) is 3.80. The summed E-state index contributed by atoms with van der Waals surface area (Å²) in [5.74, 6) is -1.05. The number of rotatable bonds is 2. The number of carboxylic acid groups (broad SMARTS) is 1. The molecule has 6 nitrogen and oxygen atoms in total. The number of hydrogen-bond acceptors (Lipinski definition) is 4. The monoisotopic (exact) mass is 223 g/mol. The summed E-state index contributed by atoms with van der Waals surface area (Å²) in [4.78, 5) is 20.8. The zero-order valence-corrected chi connectivity index (χ0v) is 8.25. The van der Waals surface area contributed by atoms with Crippen LogP contribution < -0.4 is 4.74 Å². The van der Waals surface area contributed by atoms with Crippen LogP contribution in [0.5, 0.6) is 5.75 Å². The van der Waals surface area contributed by atoms with Gasteiger partial charge in [0.15, 0.2) is 0 Å². The third-order valence-corrected chi connectivity index (χ3v) is 2.51. The molecule has 1 aliphatic heterocycles. The van der Waals surface area contributed by atoms with Gasteiger partial charge in [0.2, 0.25) is 0 Å². The third kappa shape index (κ3) is 1.81. The molecule has 1 aliphatic rings. The van der Waals surface area contributed by atoms with Crippen LogP contribution in [0.4, 0.5) is 5.69 Å². The van der Waals surface area contributed by atoms with Crippen molar-refractivity contribution in [3.63, 3.8) is 0 Å². The molecule has 0 saturated carbocycles. The van der Waals surface area contributed by atoms with Crippen molar-refractivity contribution in [1.29, 1.82) is 0 Å². The standard InChI is InChI=1S/C10H9NO5/c12-10(13)7-3-6-4-8(11(14)15)1-2-9(6)16-5-7/h1-2,4,7H,3,5H2,(H,12,13)/t7-/m0/s1. The Bertz CT molecular complexity index is 457. The van der Waals surface area contributed by atoms with E-state index in [0.29, 0.717) is 11.3 Å². The van der Waals surface area contributed by atoms with Crippen molar-refractivity contribution < 1.29 is 19.6 Å². The second-order valence-electron chi connectivity index (χ2n) is 3.60. The highest BCUT2D eigenvalue weighted by Crippen LogP contribution is 2.30. The predicted molar refractivity (Wildman–Crippen MR) is 53.4 cm³/mol. The van der Waals surface area contributed by atoms with Crippen molar-refractivity contribution in [2.24, 2.45) is 5.92 Å². The highest BCUT2D eigenvalue weighted by molar-refractivity contribution is 5.71. The lowest BCUT2D eigenvalue weighted by Gasteiger charge is -2.21. The molecule has 1 heterocycles. The molecule has 1 N–H and O–H groups in total. The van der Waals surface area contributed by atoms with E-state index in [1.165, 1.54) is 18.2 Å². The molecule has 0 saturated heterocycles. The van der Waals surface area contributed by atoms with Crippen LogP contribution in [0.2, 0.25) is 0 Å². The van der Waals surface area contributed by atoms with E-state index in [2.05, 4.69) is 0 Å². The third-order valence-electron chi connectivity index (χ3n) is 2.51. The number of benzene rings is 1. The molecule has 2 rings (SSSR count). The molecule has 1 aromatic rings. The van der Waals surface area contributed by atoms with Gasteiger partial charge in [-0.1, -0.05) is 0 Å². The fourth-order valence-corrected chi connectivity index (χ4v) is 1.65. The van der Waals surface area contributed by atoms with Gasteiger partial charge < -0.3 is 9.84 Å². The zero-order valence-electron chi connectivity index (χ0n) is 8.25. The average Bonchev–Trinajstić information content (AvgIpc) is 2.27. The maximum atomic E-state index is 10.8. The first-order valence-electron chi connectivity index (χ1n) is 4.71. The Morgan fingerprint density at radius 1 is 1.56 bits per heavy atom. The summed E-state index contributed by atoms with van der Waals surface area (Å²) in [5.41, 5.74) is 0.529. The van der Waals surface area contributed by atoms with E-state index in [1.807, 2.05) is 0 Å². The SMILES string of the molecule is O=C(O)[C@@H]1COc2ccc([N+](=O)[O-])cc2C1. The molecule has 6 heteroatoms. The van der Waals surface area contributed by atoms with Gasteiger partial charge in [-0.25, -0.2) is 0 Å². The number of nitrogens with zero attached hydrogens (tertiary/aromatic N) is 1. The average molecular weight is 223 g/mol. The Labute approximate surface area is 90.6 Å². The number of ether oxygens (including phenoxy) is 1. The molecular weight excluding hydrogens is 214 g/mol. The molecule has 1 atom stereocenters. The van der Waals surface area contributed by atoms with Gasteiger partial charge >= 0.3 is 5.97 Å². The van der Waals surface area contributed by atoms with Crippen molar-refractivity contribution in [3.8, 4) is 5.75 Å². The molecule has 16 heavy (non-hydrogen) atoms. The van der Waals surface area contributed by atoms with Gasteiger partial charge in [0, 0.05) is 17.7 Å². The summed E-state index contributed by atoms with van der Waals surface area (Å²) in [6.45, 7) is 0.111. The van der Waals surface area contributed by atoms with Gasteiger partial charge in [0.1, 0.15) is 12.4 Å². The van der Waals surface area contributed by atoms with Crippen LogP contribution >= 0.6 is 0 Å². The topological polar surface area (TPSA) is 89.7 Å². The predicted octanol–water partition coefficient (Wildman–Crippen LogP) is 1.23. The summed E-state index contributed by atoms with van der Waals surface area (Å²) in [6, 6.07) is 4.22. The minimum atomic E-state index is -0.947. The number of nitro groups is 1.